The highest BCUT2D eigenvalue weighted by Gasteiger charge is 2.43. The number of guanidine groups is 1. The van der Waals surface area contributed by atoms with E-state index < -0.39 is 11.6 Å². The van der Waals surface area contributed by atoms with Gasteiger partial charge in [-0.05, 0) is 38.3 Å². The van der Waals surface area contributed by atoms with Crippen LogP contribution < -0.4 is 5.32 Å². The highest BCUT2D eigenvalue weighted by molar-refractivity contribution is 14.0. The molecule has 8 heteroatoms. The molecule has 2 aliphatic heterocycles. The summed E-state index contributed by atoms with van der Waals surface area (Å²) in [6.07, 6.45) is 3.01. The first-order valence-electron chi connectivity index (χ1n) is 9.90. The van der Waals surface area contributed by atoms with E-state index >= 15 is 0 Å². The van der Waals surface area contributed by atoms with Gasteiger partial charge in [0.1, 0.15) is 17.7 Å². The molecule has 1 aromatic rings. The SMILES string of the molecule is CCN=C(NC1CC1c1c(F)cccc1F)N1CCOC(C2CCCO2)C1.I. The first kappa shape index (κ1) is 21.7. The monoisotopic (exact) mass is 507 g/mol. The molecule has 2 heterocycles. The number of nitrogens with zero attached hydrogens (tertiary/aromatic N) is 2. The van der Waals surface area contributed by atoms with Gasteiger partial charge in [0.2, 0.25) is 0 Å². The average Bonchev–Trinajstić information content (AvgIpc) is 3.18. The Kier molecular flexibility index (Phi) is 7.49. The van der Waals surface area contributed by atoms with Crippen LogP contribution in [0.4, 0.5) is 8.78 Å². The molecule has 1 aromatic carbocycles. The smallest absolute Gasteiger partial charge is 0.194 e. The maximum atomic E-state index is 14.0. The number of rotatable bonds is 4. The lowest BCUT2D eigenvalue weighted by Gasteiger charge is -2.37. The van der Waals surface area contributed by atoms with E-state index in [1.807, 2.05) is 6.92 Å². The van der Waals surface area contributed by atoms with Crippen molar-refractivity contribution < 1.29 is 18.3 Å². The van der Waals surface area contributed by atoms with Crippen LogP contribution in [0.25, 0.3) is 0 Å². The van der Waals surface area contributed by atoms with Crippen molar-refractivity contribution in [1.29, 1.82) is 0 Å². The number of nitrogens with one attached hydrogen (secondary N) is 1. The van der Waals surface area contributed by atoms with Crippen molar-refractivity contribution in [2.45, 2.75) is 50.4 Å². The molecule has 0 aromatic heterocycles. The Balaban J connectivity index is 0.00000225. The Morgan fingerprint density at radius 3 is 2.64 bits per heavy atom. The van der Waals surface area contributed by atoms with Crippen molar-refractivity contribution in [1.82, 2.24) is 10.2 Å². The summed E-state index contributed by atoms with van der Waals surface area (Å²) in [6, 6.07) is 4.05. The van der Waals surface area contributed by atoms with Gasteiger partial charge in [-0.2, -0.15) is 0 Å². The standard InChI is InChI=1S/C20H27F2N3O2.HI/c1-2-23-20(25-8-10-27-18(12-25)17-7-4-9-26-17)24-16-11-13(16)19-14(21)5-3-6-15(19)22;/h3,5-6,13,16-18H,2,4,7-12H2,1H3,(H,23,24);1H. The average molecular weight is 507 g/mol. The Morgan fingerprint density at radius 1 is 1.21 bits per heavy atom. The van der Waals surface area contributed by atoms with Gasteiger partial charge in [-0.15, -0.1) is 24.0 Å². The first-order chi connectivity index (χ1) is 13.2. The second kappa shape index (κ2) is 9.67. The van der Waals surface area contributed by atoms with Crippen LogP contribution in [0.3, 0.4) is 0 Å². The summed E-state index contributed by atoms with van der Waals surface area (Å²) in [5.41, 5.74) is 0.185. The van der Waals surface area contributed by atoms with E-state index in [-0.39, 0.29) is 53.7 Å². The van der Waals surface area contributed by atoms with Gasteiger partial charge in [0.05, 0.1) is 12.7 Å². The third-order valence-electron chi connectivity index (χ3n) is 5.56. The van der Waals surface area contributed by atoms with Gasteiger partial charge in [0.25, 0.3) is 0 Å². The molecule has 0 spiro atoms. The van der Waals surface area contributed by atoms with Gasteiger partial charge in [-0.25, -0.2) is 8.78 Å². The fourth-order valence-electron chi connectivity index (χ4n) is 4.08. The molecular formula is C20H28F2IN3O2. The zero-order chi connectivity index (χ0) is 18.8. The van der Waals surface area contributed by atoms with Crippen molar-refractivity contribution in [3.8, 4) is 0 Å². The zero-order valence-corrected chi connectivity index (χ0v) is 18.4. The largest absolute Gasteiger partial charge is 0.375 e. The molecule has 1 N–H and O–H groups in total. The van der Waals surface area contributed by atoms with Crippen LogP contribution >= 0.6 is 24.0 Å². The number of halogens is 3. The molecule has 28 heavy (non-hydrogen) atoms. The third kappa shape index (κ3) is 4.76. The van der Waals surface area contributed by atoms with E-state index in [1.165, 1.54) is 18.2 Å². The van der Waals surface area contributed by atoms with Crippen molar-refractivity contribution in [2.75, 3.05) is 32.8 Å². The highest BCUT2D eigenvalue weighted by atomic mass is 127. The molecule has 0 radical (unpaired) electrons. The van der Waals surface area contributed by atoms with Gasteiger partial charge in [-0.1, -0.05) is 6.07 Å². The number of ether oxygens (including phenoxy) is 2. The zero-order valence-electron chi connectivity index (χ0n) is 16.1. The van der Waals surface area contributed by atoms with Crippen LogP contribution in [0.15, 0.2) is 23.2 Å². The number of hydrogen-bond donors (Lipinski definition) is 1. The van der Waals surface area contributed by atoms with E-state index in [2.05, 4.69) is 15.2 Å². The lowest BCUT2D eigenvalue weighted by atomic mass is 10.1. The van der Waals surface area contributed by atoms with Crippen LogP contribution in [0.5, 0.6) is 0 Å². The minimum absolute atomic E-state index is 0. The molecule has 3 fully saturated rings. The van der Waals surface area contributed by atoms with Gasteiger partial charge >= 0.3 is 0 Å². The number of benzene rings is 1. The van der Waals surface area contributed by atoms with Crippen molar-refractivity contribution in [3.05, 3.63) is 35.4 Å². The van der Waals surface area contributed by atoms with Gasteiger partial charge < -0.3 is 19.7 Å². The number of aliphatic imine (C=N–C) groups is 1. The quantitative estimate of drug-likeness (QED) is 0.386. The van der Waals surface area contributed by atoms with Gasteiger partial charge in [-0.3, -0.25) is 4.99 Å². The Labute approximate surface area is 181 Å². The second-order valence-electron chi connectivity index (χ2n) is 7.43. The van der Waals surface area contributed by atoms with Gasteiger partial charge in [0, 0.05) is 43.8 Å². The molecule has 1 saturated carbocycles. The van der Waals surface area contributed by atoms with Crippen LogP contribution in [0, 0.1) is 11.6 Å². The predicted molar refractivity (Wildman–Crippen MR) is 114 cm³/mol. The van der Waals surface area contributed by atoms with Crippen LogP contribution in [0.1, 0.15) is 37.7 Å². The summed E-state index contributed by atoms with van der Waals surface area (Å²) < 4.78 is 39.8. The lowest BCUT2D eigenvalue weighted by molar-refractivity contribution is -0.0817. The maximum Gasteiger partial charge on any atom is 0.194 e. The molecule has 4 atom stereocenters. The Bertz CT molecular complexity index is 680. The Hall–Kier alpha value is -1.00. The molecule has 3 aliphatic rings. The maximum absolute atomic E-state index is 14.0. The fourth-order valence-corrected chi connectivity index (χ4v) is 4.08. The minimum atomic E-state index is -0.469. The second-order valence-corrected chi connectivity index (χ2v) is 7.43. The molecule has 4 unspecified atom stereocenters. The topological polar surface area (TPSA) is 46.1 Å². The molecule has 2 saturated heterocycles. The normalized spacial score (nSPS) is 30.1. The summed E-state index contributed by atoms with van der Waals surface area (Å²) in [5, 5.41) is 3.42. The molecule has 5 nitrogen and oxygen atoms in total. The molecule has 0 bridgehead atoms. The third-order valence-corrected chi connectivity index (χ3v) is 5.56. The van der Waals surface area contributed by atoms with Crippen LogP contribution in [-0.2, 0) is 9.47 Å². The molecule has 156 valence electrons. The van der Waals surface area contributed by atoms with E-state index in [4.69, 9.17) is 9.47 Å². The molecule has 1 aliphatic carbocycles. The summed E-state index contributed by atoms with van der Waals surface area (Å²) >= 11 is 0. The summed E-state index contributed by atoms with van der Waals surface area (Å²) in [5.74, 6) is -0.289. The number of hydrogen-bond acceptors (Lipinski definition) is 3. The van der Waals surface area contributed by atoms with Crippen molar-refractivity contribution >= 4 is 29.9 Å². The van der Waals surface area contributed by atoms with E-state index in [9.17, 15) is 8.78 Å². The van der Waals surface area contributed by atoms with E-state index in [0.29, 0.717) is 19.6 Å². The molecule has 4 rings (SSSR count). The number of morpholine rings is 1. The van der Waals surface area contributed by atoms with Crippen molar-refractivity contribution in [2.24, 2.45) is 4.99 Å². The Morgan fingerprint density at radius 2 is 1.96 bits per heavy atom. The summed E-state index contributed by atoms with van der Waals surface area (Å²) in [7, 11) is 0. The van der Waals surface area contributed by atoms with E-state index in [1.54, 1.807) is 0 Å². The predicted octanol–water partition coefficient (Wildman–Crippen LogP) is 3.28. The summed E-state index contributed by atoms with van der Waals surface area (Å²) in [4.78, 5) is 6.80. The van der Waals surface area contributed by atoms with Crippen molar-refractivity contribution in [3.63, 3.8) is 0 Å². The van der Waals surface area contributed by atoms with E-state index in [0.717, 1.165) is 38.5 Å². The lowest BCUT2D eigenvalue weighted by Crippen LogP contribution is -2.53. The molecular weight excluding hydrogens is 479 g/mol. The van der Waals surface area contributed by atoms with Crippen LogP contribution in [0.2, 0.25) is 0 Å². The minimum Gasteiger partial charge on any atom is -0.375 e. The highest BCUT2D eigenvalue weighted by Crippen LogP contribution is 2.43. The van der Waals surface area contributed by atoms with Crippen LogP contribution in [-0.4, -0.2) is 62.0 Å². The first-order valence-corrected chi connectivity index (χ1v) is 9.90. The summed E-state index contributed by atoms with van der Waals surface area (Å²) in [6.45, 7) is 5.54. The van der Waals surface area contributed by atoms with Gasteiger partial charge in [0.15, 0.2) is 5.96 Å². The fraction of sp³-hybridized carbons (Fsp3) is 0.650. The molecule has 0 amide bonds.